The molecule has 158 valence electrons. The van der Waals surface area contributed by atoms with Gasteiger partial charge in [-0.15, -0.1) is 0 Å². The minimum absolute atomic E-state index is 0.0387. The van der Waals surface area contributed by atoms with Crippen molar-refractivity contribution in [1.82, 2.24) is 14.8 Å². The molecule has 2 aromatic rings. The third-order valence-electron chi connectivity index (χ3n) is 5.74. The number of methoxy groups -OCH3 is 1. The van der Waals surface area contributed by atoms with E-state index in [1.165, 1.54) is 13.2 Å². The van der Waals surface area contributed by atoms with Crippen LogP contribution in [0.4, 0.5) is 8.78 Å². The third kappa shape index (κ3) is 3.05. The lowest BCUT2D eigenvalue weighted by atomic mass is 10.1. The van der Waals surface area contributed by atoms with Gasteiger partial charge in [0.25, 0.3) is 11.8 Å². The van der Waals surface area contributed by atoms with Crippen molar-refractivity contribution in [3.63, 3.8) is 0 Å². The molecule has 0 saturated carbocycles. The van der Waals surface area contributed by atoms with Crippen LogP contribution < -0.4 is 15.5 Å². The van der Waals surface area contributed by atoms with Crippen LogP contribution in [0, 0.1) is 11.6 Å². The number of halogens is 2. The van der Waals surface area contributed by atoms with Gasteiger partial charge in [0.1, 0.15) is 17.2 Å². The molecule has 0 spiro atoms. The van der Waals surface area contributed by atoms with Crippen molar-refractivity contribution >= 4 is 11.8 Å². The summed E-state index contributed by atoms with van der Waals surface area (Å²) in [6.07, 6.45) is 1.16. The Morgan fingerprint density at radius 2 is 2.07 bits per heavy atom. The van der Waals surface area contributed by atoms with E-state index < -0.39 is 23.0 Å². The van der Waals surface area contributed by atoms with Crippen molar-refractivity contribution in [2.24, 2.45) is 0 Å². The Bertz CT molecular complexity index is 1110. The van der Waals surface area contributed by atoms with E-state index >= 15 is 0 Å². The van der Waals surface area contributed by atoms with Gasteiger partial charge in [-0.25, -0.2) is 8.78 Å². The molecule has 0 bridgehead atoms. The number of ether oxygens (including phenoxy) is 1. The van der Waals surface area contributed by atoms with Gasteiger partial charge in [-0.05, 0) is 25.8 Å². The van der Waals surface area contributed by atoms with E-state index in [1.807, 2.05) is 6.92 Å². The van der Waals surface area contributed by atoms with Gasteiger partial charge in [0.15, 0.2) is 11.4 Å². The highest BCUT2D eigenvalue weighted by Crippen LogP contribution is 2.37. The second-order valence-corrected chi connectivity index (χ2v) is 7.36. The summed E-state index contributed by atoms with van der Waals surface area (Å²) in [6.45, 7) is 2.67. The molecule has 2 aliphatic heterocycles. The van der Waals surface area contributed by atoms with Gasteiger partial charge in [0.05, 0.1) is 13.2 Å². The smallest absolute Gasteiger partial charge is 0.274 e. The average molecular weight is 417 g/mol. The molecule has 0 saturated heterocycles. The zero-order valence-corrected chi connectivity index (χ0v) is 16.6. The maximum Gasteiger partial charge on any atom is 0.274 e. The van der Waals surface area contributed by atoms with Crippen molar-refractivity contribution in [2.45, 2.75) is 32.4 Å². The lowest BCUT2D eigenvalue weighted by Crippen LogP contribution is -2.44. The number of carbonyl (C=O) groups is 2. The third-order valence-corrected chi connectivity index (χ3v) is 5.74. The van der Waals surface area contributed by atoms with Gasteiger partial charge in [0.2, 0.25) is 5.43 Å². The van der Waals surface area contributed by atoms with Crippen LogP contribution in [0.1, 0.15) is 51.5 Å². The molecule has 1 unspecified atom stereocenters. The Labute approximate surface area is 171 Å². The number of hydrogen-bond acceptors (Lipinski definition) is 4. The largest absolute Gasteiger partial charge is 0.491 e. The number of hydrogen-bond donors (Lipinski definition) is 1. The fraction of sp³-hybridized carbons (Fsp3) is 0.381. The summed E-state index contributed by atoms with van der Waals surface area (Å²) < 4.78 is 34.0. The normalized spacial score (nSPS) is 17.1. The number of amides is 2. The second kappa shape index (κ2) is 7.55. The number of rotatable bonds is 5. The van der Waals surface area contributed by atoms with Gasteiger partial charge in [-0.2, -0.15) is 0 Å². The Hall–Kier alpha value is -3.23. The molecular weight excluding hydrogens is 396 g/mol. The highest BCUT2D eigenvalue weighted by atomic mass is 19.1. The molecular formula is C21H21F2N3O4. The maximum atomic E-state index is 13.9. The fourth-order valence-corrected chi connectivity index (χ4v) is 4.28. The summed E-state index contributed by atoms with van der Waals surface area (Å²) in [5.41, 5.74) is -0.00444. The van der Waals surface area contributed by atoms with Gasteiger partial charge in [-0.3, -0.25) is 14.4 Å². The molecule has 30 heavy (non-hydrogen) atoms. The van der Waals surface area contributed by atoms with Crippen LogP contribution in [0.15, 0.2) is 23.0 Å². The molecule has 0 radical (unpaired) electrons. The van der Waals surface area contributed by atoms with Crippen molar-refractivity contribution in [1.29, 1.82) is 0 Å². The first-order chi connectivity index (χ1) is 14.4. The number of nitrogens with one attached hydrogen (secondary N) is 1. The zero-order chi connectivity index (χ0) is 21.6. The number of carbonyl (C=O) groups excluding carboxylic acids is 2. The predicted octanol–water partition coefficient (Wildman–Crippen LogP) is 2.03. The lowest BCUT2D eigenvalue weighted by Gasteiger charge is -2.34. The van der Waals surface area contributed by atoms with Crippen LogP contribution in [0.25, 0.3) is 0 Å². The molecule has 0 aliphatic carbocycles. The number of nitrogens with zero attached hydrogens (tertiary/aromatic N) is 2. The Kier molecular flexibility index (Phi) is 5.05. The first-order valence-corrected chi connectivity index (χ1v) is 9.74. The second-order valence-electron chi connectivity index (χ2n) is 7.36. The highest BCUT2D eigenvalue weighted by Gasteiger charge is 2.41. The van der Waals surface area contributed by atoms with Crippen LogP contribution in [-0.4, -0.2) is 41.5 Å². The molecule has 1 aromatic carbocycles. The Morgan fingerprint density at radius 3 is 2.73 bits per heavy atom. The maximum absolute atomic E-state index is 13.9. The number of pyridine rings is 1. The lowest BCUT2D eigenvalue weighted by molar-refractivity contribution is 0.0675. The molecule has 3 heterocycles. The number of likely N-dealkylation sites (N-methyl/N-ethyl adjacent to an activating group) is 1. The van der Waals surface area contributed by atoms with E-state index in [1.54, 1.807) is 9.47 Å². The average Bonchev–Trinajstić information content (AvgIpc) is 3.13. The molecule has 9 heteroatoms. The van der Waals surface area contributed by atoms with Crippen molar-refractivity contribution in [3.05, 3.63) is 62.6 Å². The molecule has 2 amide bonds. The number of benzene rings is 1. The minimum atomic E-state index is -0.787. The van der Waals surface area contributed by atoms with Gasteiger partial charge in [-0.1, -0.05) is 6.07 Å². The first kappa shape index (κ1) is 20.1. The van der Waals surface area contributed by atoms with E-state index in [0.717, 1.165) is 12.1 Å². The van der Waals surface area contributed by atoms with E-state index in [2.05, 4.69) is 5.32 Å². The SMILES string of the molecule is CCN1CC2CCc3c(C(=O)NCc4ccc(F)cc4F)c(=O)c(OC)c(n32)C1=O. The summed E-state index contributed by atoms with van der Waals surface area (Å²) >= 11 is 0. The van der Waals surface area contributed by atoms with E-state index in [-0.39, 0.29) is 41.1 Å². The van der Waals surface area contributed by atoms with Crippen molar-refractivity contribution < 1.29 is 23.1 Å². The van der Waals surface area contributed by atoms with Crippen LogP contribution in [0.2, 0.25) is 0 Å². The van der Waals surface area contributed by atoms with Crippen molar-refractivity contribution in [2.75, 3.05) is 20.2 Å². The summed E-state index contributed by atoms with van der Waals surface area (Å²) in [7, 11) is 1.29. The van der Waals surface area contributed by atoms with Crippen LogP contribution in [-0.2, 0) is 13.0 Å². The Balaban J connectivity index is 1.74. The quantitative estimate of drug-likeness (QED) is 0.807. The highest BCUT2D eigenvalue weighted by molar-refractivity contribution is 6.00. The van der Waals surface area contributed by atoms with E-state index in [9.17, 15) is 23.2 Å². The zero-order valence-electron chi connectivity index (χ0n) is 16.6. The van der Waals surface area contributed by atoms with Gasteiger partial charge >= 0.3 is 0 Å². The first-order valence-electron chi connectivity index (χ1n) is 9.74. The molecule has 0 fully saturated rings. The minimum Gasteiger partial charge on any atom is -0.491 e. The summed E-state index contributed by atoms with van der Waals surface area (Å²) in [5, 5.41) is 2.53. The predicted molar refractivity (Wildman–Crippen MR) is 104 cm³/mol. The van der Waals surface area contributed by atoms with E-state index in [4.69, 9.17) is 4.74 Å². The van der Waals surface area contributed by atoms with Gasteiger partial charge in [0, 0.05) is 37.0 Å². The molecule has 4 rings (SSSR count). The summed E-state index contributed by atoms with van der Waals surface area (Å²) in [5.74, 6) is -2.65. The monoisotopic (exact) mass is 417 g/mol. The Morgan fingerprint density at radius 1 is 1.30 bits per heavy atom. The summed E-state index contributed by atoms with van der Waals surface area (Å²) in [4.78, 5) is 40.5. The molecule has 1 N–H and O–H groups in total. The molecule has 2 aliphatic rings. The topological polar surface area (TPSA) is 80.6 Å². The van der Waals surface area contributed by atoms with Crippen molar-refractivity contribution in [3.8, 4) is 5.75 Å². The standard InChI is InChI=1S/C21H21F2N3O4/c1-3-25-10-13-6-7-15-16(18(27)19(30-2)17(21(25)29)26(13)15)20(28)24-9-11-4-5-12(22)8-14(11)23/h4-5,8,13H,3,6-7,9-10H2,1-2H3,(H,24,28). The molecule has 1 atom stereocenters. The van der Waals surface area contributed by atoms with Gasteiger partial charge < -0.3 is 19.5 Å². The number of aromatic nitrogens is 1. The van der Waals surface area contributed by atoms with E-state index in [0.29, 0.717) is 31.6 Å². The van der Waals surface area contributed by atoms with Crippen LogP contribution in [0.5, 0.6) is 5.75 Å². The molecule has 1 aromatic heterocycles. The van der Waals surface area contributed by atoms with Crippen LogP contribution >= 0.6 is 0 Å². The summed E-state index contributed by atoms with van der Waals surface area (Å²) in [6, 6.07) is 3.02. The molecule has 7 nitrogen and oxygen atoms in total. The van der Waals surface area contributed by atoms with Crippen LogP contribution in [0.3, 0.4) is 0 Å². The fourth-order valence-electron chi connectivity index (χ4n) is 4.28.